The Morgan fingerprint density at radius 3 is 2.82 bits per heavy atom. The van der Waals surface area contributed by atoms with Crippen molar-refractivity contribution < 1.29 is 9.59 Å². The van der Waals surface area contributed by atoms with Gasteiger partial charge in [-0.15, -0.1) is 0 Å². The molecule has 0 spiro atoms. The van der Waals surface area contributed by atoms with Crippen LogP contribution in [0.4, 0.5) is 0 Å². The van der Waals surface area contributed by atoms with Crippen molar-refractivity contribution in [3.63, 3.8) is 0 Å². The van der Waals surface area contributed by atoms with Gasteiger partial charge in [-0.3, -0.25) is 4.79 Å². The van der Waals surface area contributed by atoms with E-state index in [9.17, 15) is 9.59 Å². The molecule has 0 atom stereocenters. The van der Waals surface area contributed by atoms with Gasteiger partial charge in [-0.1, -0.05) is 0 Å². The highest BCUT2D eigenvalue weighted by atomic mass is 16.1. The first kappa shape index (κ1) is 8.24. The SMILES string of the molecule is CC(=O)N[C]1[CH][CH][CH][C]1C=O. The maximum absolute atomic E-state index is 10.6. The number of carbonyl (C=O) groups excluding carboxylic acids is 2. The van der Waals surface area contributed by atoms with Crippen LogP contribution in [0.25, 0.3) is 0 Å². The molecular weight excluding hydrogens is 142 g/mol. The number of amides is 1. The van der Waals surface area contributed by atoms with E-state index in [1.54, 1.807) is 19.3 Å². The Morgan fingerprint density at radius 2 is 2.27 bits per heavy atom. The van der Waals surface area contributed by atoms with Crippen LogP contribution in [0.15, 0.2) is 0 Å². The summed E-state index contributed by atoms with van der Waals surface area (Å²) in [4.78, 5) is 20.9. The van der Waals surface area contributed by atoms with Crippen LogP contribution in [0.1, 0.15) is 6.92 Å². The number of nitrogens with one attached hydrogen (secondary N) is 1. The van der Waals surface area contributed by atoms with Crippen LogP contribution < -0.4 is 5.32 Å². The first-order valence-electron chi connectivity index (χ1n) is 3.22. The van der Waals surface area contributed by atoms with Gasteiger partial charge in [-0.2, -0.15) is 0 Å². The van der Waals surface area contributed by atoms with Crippen molar-refractivity contribution in [2.45, 2.75) is 6.92 Å². The summed E-state index contributed by atoms with van der Waals surface area (Å²) in [6, 6.07) is 0.576. The zero-order valence-corrected chi connectivity index (χ0v) is 6.13. The number of rotatable bonds is 2. The molecule has 0 heterocycles. The molecule has 1 aliphatic carbocycles. The molecule has 1 rings (SSSR count). The molecule has 1 amide bonds. The molecule has 0 unspecified atom stereocenters. The van der Waals surface area contributed by atoms with E-state index in [1.165, 1.54) is 6.92 Å². The lowest BCUT2D eigenvalue weighted by atomic mass is 10.1. The van der Waals surface area contributed by atoms with Crippen molar-refractivity contribution in [3.05, 3.63) is 31.2 Å². The normalized spacial score (nSPS) is 20.1. The van der Waals surface area contributed by atoms with Crippen molar-refractivity contribution in [3.8, 4) is 0 Å². The number of hydrogen-bond acceptors (Lipinski definition) is 2. The molecule has 1 fully saturated rings. The third-order valence-electron chi connectivity index (χ3n) is 1.29. The average molecular weight is 150 g/mol. The van der Waals surface area contributed by atoms with E-state index in [2.05, 4.69) is 5.32 Å². The molecule has 5 radical (unpaired) electrons. The molecule has 1 saturated carbocycles. The second-order valence-corrected chi connectivity index (χ2v) is 2.19. The Morgan fingerprint density at radius 1 is 1.55 bits per heavy atom. The third-order valence-corrected chi connectivity index (χ3v) is 1.29. The van der Waals surface area contributed by atoms with Gasteiger partial charge in [-0.25, -0.2) is 0 Å². The van der Waals surface area contributed by atoms with Gasteiger partial charge in [-0.05, 0) is 19.3 Å². The lowest BCUT2D eigenvalue weighted by Crippen LogP contribution is -2.28. The lowest BCUT2D eigenvalue weighted by molar-refractivity contribution is -0.118. The van der Waals surface area contributed by atoms with Crippen LogP contribution in [0.3, 0.4) is 0 Å². The monoisotopic (exact) mass is 150 g/mol. The largest absolute Gasteiger partial charge is 0.347 e. The van der Waals surface area contributed by atoms with Gasteiger partial charge in [0, 0.05) is 6.92 Å². The number of hydrogen-bond donors (Lipinski definition) is 1. The second-order valence-electron chi connectivity index (χ2n) is 2.19. The quantitative estimate of drug-likeness (QED) is 0.565. The van der Waals surface area contributed by atoms with Gasteiger partial charge in [0.2, 0.25) is 5.91 Å². The third kappa shape index (κ3) is 2.03. The van der Waals surface area contributed by atoms with Crippen LogP contribution >= 0.6 is 0 Å². The summed E-state index contributed by atoms with van der Waals surface area (Å²) < 4.78 is 0. The van der Waals surface area contributed by atoms with E-state index in [1.807, 2.05) is 0 Å². The first-order valence-corrected chi connectivity index (χ1v) is 3.22. The van der Waals surface area contributed by atoms with Gasteiger partial charge in [0.1, 0.15) is 6.29 Å². The molecule has 1 N–H and O–H groups in total. The predicted octanol–water partition coefficient (Wildman–Crippen LogP) is 0.0543. The molecule has 3 heteroatoms. The van der Waals surface area contributed by atoms with Crippen molar-refractivity contribution in [2.24, 2.45) is 0 Å². The molecule has 0 aromatic rings. The minimum absolute atomic E-state index is 0.167. The van der Waals surface area contributed by atoms with Gasteiger partial charge in [0.15, 0.2) is 0 Å². The zero-order chi connectivity index (χ0) is 8.27. The molecule has 3 nitrogen and oxygen atoms in total. The van der Waals surface area contributed by atoms with Crippen LogP contribution in [-0.4, -0.2) is 12.2 Å². The smallest absolute Gasteiger partial charge is 0.217 e. The summed E-state index contributed by atoms with van der Waals surface area (Å²) in [5, 5.41) is 2.53. The van der Waals surface area contributed by atoms with Crippen molar-refractivity contribution in [1.82, 2.24) is 5.32 Å². The van der Waals surface area contributed by atoms with Gasteiger partial charge in [0.05, 0.1) is 12.0 Å². The summed E-state index contributed by atoms with van der Waals surface area (Å²) in [7, 11) is 0. The fraction of sp³-hybridized carbons (Fsp3) is 0.125. The van der Waals surface area contributed by atoms with Crippen molar-refractivity contribution >= 4 is 12.2 Å². The van der Waals surface area contributed by atoms with E-state index in [0.29, 0.717) is 18.2 Å². The Labute approximate surface area is 66.2 Å². The highest BCUT2D eigenvalue weighted by Crippen LogP contribution is 2.28. The Bertz CT molecular complexity index is 167. The fourth-order valence-corrected chi connectivity index (χ4v) is 0.840. The maximum Gasteiger partial charge on any atom is 0.217 e. The Kier molecular flexibility index (Phi) is 2.63. The fourth-order valence-electron chi connectivity index (χ4n) is 0.840. The summed E-state index contributed by atoms with van der Waals surface area (Å²) >= 11 is 0. The standard InChI is InChI=1S/C8H8NO2/c1-6(11)9-8-4-2-3-7(8)5-10/h2-5H,1H3,(H,9,11). The van der Waals surface area contributed by atoms with Crippen LogP contribution in [0, 0.1) is 31.2 Å². The minimum atomic E-state index is -0.167. The van der Waals surface area contributed by atoms with E-state index in [0.717, 1.165) is 0 Å². The summed E-state index contributed by atoms with van der Waals surface area (Å²) in [5.41, 5.74) is 0. The van der Waals surface area contributed by atoms with Crippen LogP contribution in [0.2, 0.25) is 0 Å². The molecular formula is C8H8NO2. The number of aldehydes is 1. The van der Waals surface area contributed by atoms with E-state index < -0.39 is 0 Å². The molecule has 1 aliphatic rings. The summed E-state index contributed by atoms with van der Waals surface area (Å²) in [5.74, 6) is 0.347. The predicted molar refractivity (Wildman–Crippen MR) is 39.3 cm³/mol. The summed E-state index contributed by atoms with van der Waals surface area (Å²) in [6.45, 7) is 1.40. The number of carbonyl (C=O) groups is 2. The molecule has 0 bridgehead atoms. The second kappa shape index (κ2) is 3.51. The van der Waals surface area contributed by atoms with E-state index in [4.69, 9.17) is 0 Å². The molecule has 11 heavy (non-hydrogen) atoms. The first-order chi connectivity index (χ1) is 5.24. The van der Waals surface area contributed by atoms with E-state index in [-0.39, 0.29) is 5.91 Å². The summed E-state index contributed by atoms with van der Waals surface area (Å²) in [6.07, 6.45) is 5.77. The highest BCUT2D eigenvalue weighted by molar-refractivity contribution is 5.85. The average Bonchev–Trinajstić information content (AvgIpc) is 2.34. The van der Waals surface area contributed by atoms with Crippen LogP contribution in [0.5, 0.6) is 0 Å². The molecule has 0 aromatic carbocycles. The minimum Gasteiger partial charge on any atom is -0.347 e. The van der Waals surface area contributed by atoms with Crippen molar-refractivity contribution in [1.29, 1.82) is 0 Å². The van der Waals surface area contributed by atoms with Gasteiger partial charge in [0.25, 0.3) is 0 Å². The zero-order valence-electron chi connectivity index (χ0n) is 6.13. The molecule has 0 saturated heterocycles. The topological polar surface area (TPSA) is 46.2 Å². The van der Waals surface area contributed by atoms with Gasteiger partial charge < -0.3 is 10.1 Å². The highest BCUT2D eigenvalue weighted by Gasteiger charge is 2.29. The molecule has 0 aliphatic heterocycles. The maximum atomic E-state index is 10.6. The molecule has 57 valence electrons. The molecule has 0 aromatic heterocycles. The van der Waals surface area contributed by atoms with Gasteiger partial charge >= 0.3 is 0 Å². The van der Waals surface area contributed by atoms with Crippen LogP contribution in [-0.2, 0) is 9.59 Å². The van der Waals surface area contributed by atoms with Crippen molar-refractivity contribution in [2.75, 3.05) is 0 Å². The Hall–Kier alpha value is -0.860. The lowest BCUT2D eigenvalue weighted by Gasteiger charge is -2.11. The Balaban J connectivity index is 2.43. The van der Waals surface area contributed by atoms with E-state index >= 15 is 0 Å².